The summed E-state index contributed by atoms with van der Waals surface area (Å²) in [4.78, 5) is 0. The van der Waals surface area contributed by atoms with Crippen molar-refractivity contribution in [2.45, 2.75) is 51.4 Å². The second kappa shape index (κ2) is 8.60. The van der Waals surface area contributed by atoms with Crippen LogP contribution in [0.1, 0.15) is 62.5 Å². The SMILES string of the molecule is CC.Clc1cccc(C2CC2)c1.Clc1cccc(C2CC2)c1. The molecule has 0 bridgehead atoms. The third kappa shape index (κ3) is 5.66. The van der Waals surface area contributed by atoms with Crippen LogP contribution in [0.4, 0.5) is 0 Å². The Morgan fingerprint density at radius 3 is 1.32 bits per heavy atom. The van der Waals surface area contributed by atoms with Gasteiger partial charge in [-0.2, -0.15) is 0 Å². The minimum Gasteiger partial charge on any atom is -0.0843 e. The summed E-state index contributed by atoms with van der Waals surface area (Å²) in [7, 11) is 0. The van der Waals surface area contributed by atoms with Crippen LogP contribution in [0.15, 0.2) is 48.5 Å². The average Bonchev–Trinajstić information content (AvgIpc) is 3.43. The molecule has 2 fully saturated rings. The summed E-state index contributed by atoms with van der Waals surface area (Å²) in [5.74, 6) is 1.64. The summed E-state index contributed by atoms with van der Waals surface area (Å²) < 4.78 is 0. The van der Waals surface area contributed by atoms with E-state index in [4.69, 9.17) is 23.2 Å². The van der Waals surface area contributed by atoms with Crippen molar-refractivity contribution < 1.29 is 0 Å². The molecule has 2 aromatic rings. The van der Waals surface area contributed by atoms with Gasteiger partial charge >= 0.3 is 0 Å². The van der Waals surface area contributed by atoms with Gasteiger partial charge in [-0.1, -0.05) is 61.3 Å². The minimum atomic E-state index is 0.818. The van der Waals surface area contributed by atoms with Gasteiger partial charge in [-0.05, 0) is 72.9 Å². The average molecular weight is 335 g/mol. The Bertz CT molecular complexity index is 530. The summed E-state index contributed by atoms with van der Waals surface area (Å²) >= 11 is 11.6. The maximum Gasteiger partial charge on any atom is 0.0408 e. The van der Waals surface area contributed by atoms with Crippen LogP contribution in [0.5, 0.6) is 0 Å². The molecule has 0 aliphatic heterocycles. The molecule has 2 aromatic carbocycles. The molecular weight excluding hydrogens is 311 g/mol. The molecule has 0 spiro atoms. The minimum absolute atomic E-state index is 0.818. The van der Waals surface area contributed by atoms with Crippen LogP contribution in [-0.4, -0.2) is 0 Å². The first-order chi connectivity index (χ1) is 10.7. The Labute approximate surface area is 144 Å². The van der Waals surface area contributed by atoms with E-state index in [1.54, 1.807) is 0 Å². The lowest BCUT2D eigenvalue weighted by Crippen LogP contribution is -1.75. The monoisotopic (exact) mass is 334 g/mol. The molecule has 0 aromatic heterocycles. The fraction of sp³-hybridized carbons (Fsp3) is 0.400. The van der Waals surface area contributed by atoms with E-state index in [0.717, 1.165) is 21.9 Å². The zero-order chi connectivity index (χ0) is 15.9. The molecule has 2 saturated carbocycles. The highest BCUT2D eigenvalue weighted by Crippen LogP contribution is 2.41. The lowest BCUT2D eigenvalue weighted by Gasteiger charge is -1.95. The Morgan fingerprint density at radius 1 is 0.682 bits per heavy atom. The Morgan fingerprint density at radius 2 is 1.05 bits per heavy atom. The van der Waals surface area contributed by atoms with Crippen molar-refractivity contribution in [2.75, 3.05) is 0 Å². The largest absolute Gasteiger partial charge is 0.0843 e. The molecular formula is C20H24Cl2. The second-order valence-corrected chi connectivity index (χ2v) is 6.53. The van der Waals surface area contributed by atoms with Gasteiger partial charge in [0.1, 0.15) is 0 Å². The number of benzene rings is 2. The molecule has 0 amide bonds. The Kier molecular flexibility index (Phi) is 6.79. The normalized spacial score (nSPS) is 16.0. The van der Waals surface area contributed by atoms with Crippen molar-refractivity contribution in [1.82, 2.24) is 0 Å². The molecule has 0 unspecified atom stereocenters. The number of rotatable bonds is 2. The van der Waals surface area contributed by atoms with Gasteiger partial charge in [-0.15, -0.1) is 0 Å². The zero-order valence-corrected chi connectivity index (χ0v) is 14.9. The first-order valence-corrected chi connectivity index (χ1v) is 8.99. The van der Waals surface area contributed by atoms with E-state index in [1.807, 2.05) is 38.1 Å². The topological polar surface area (TPSA) is 0 Å². The van der Waals surface area contributed by atoms with Crippen molar-refractivity contribution in [3.05, 3.63) is 69.7 Å². The first-order valence-electron chi connectivity index (χ1n) is 8.23. The van der Waals surface area contributed by atoms with Crippen molar-refractivity contribution in [1.29, 1.82) is 0 Å². The summed E-state index contributed by atoms with van der Waals surface area (Å²) in [5.41, 5.74) is 2.82. The van der Waals surface area contributed by atoms with E-state index in [0.29, 0.717) is 0 Å². The molecule has 2 heteroatoms. The highest BCUT2D eigenvalue weighted by atomic mass is 35.5. The van der Waals surface area contributed by atoms with Gasteiger partial charge < -0.3 is 0 Å². The van der Waals surface area contributed by atoms with Gasteiger partial charge in [0, 0.05) is 10.0 Å². The summed E-state index contributed by atoms with van der Waals surface area (Å²) in [6.07, 6.45) is 5.39. The lowest BCUT2D eigenvalue weighted by atomic mass is 10.1. The summed E-state index contributed by atoms with van der Waals surface area (Å²) in [5, 5.41) is 1.73. The maximum atomic E-state index is 5.82. The highest BCUT2D eigenvalue weighted by Gasteiger charge is 2.23. The zero-order valence-electron chi connectivity index (χ0n) is 13.4. The molecule has 4 rings (SSSR count). The van der Waals surface area contributed by atoms with Gasteiger partial charge in [0.25, 0.3) is 0 Å². The number of hydrogen-bond acceptors (Lipinski definition) is 0. The molecule has 0 nitrogen and oxygen atoms in total. The van der Waals surface area contributed by atoms with Crippen molar-refractivity contribution in [3.8, 4) is 0 Å². The van der Waals surface area contributed by atoms with Crippen molar-refractivity contribution in [3.63, 3.8) is 0 Å². The first kappa shape index (κ1) is 17.4. The van der Waals surface area contributed by atoms with Gasteiger partial charge in [0.05, 0.1) is 0 Å². The molecule has 0 atom stereocenters. The van der Waals surface area contributed by atoms with Crippen LogP contribution in [0.2, 0.25) is 10.0 Å². The maximum absolute atomic E-state index is 5.82. The van der Waals surface area contributed by atoms with E-state index < -0.39 is 0 Å². The molecule has 0 heterocycles. The molecule has 118 valence electrons. The van der Waals surface area contributed by atoms with E-state index in [-0.39, 0.29) is 0 Å². The molecule has 2 aliphatic carbocycles. The molecule has 0 N–H and O–H groups in total. The molecule has 0 radical (unpaired) electrons. The standard InChI is InChI=1S/2C9H9Cl.C2H6/c2*10-9-3-1-2-8(6-9)7-4-5-7;1-2/h2*1-3,6-7H,4-5H2;1-2H3. The summed E-state index contributed by atoms with van der Waals surface area (Å²) in [6, 6.07) is 16.3. The van der Waals surface area contributed by atoms with Crippen LogP contribution in [0.3, 0.4) is 0 Å². The number of halogens is 2. The summed E-state index contributed by atoms with van der Waals surface area (Å²) in [6.45, 7) is 4.00. The van der Waals surface area contributed by atoms with Crippen LogP contribution >= 0.6 is 23.2 Å². The quantitative estimate of drug-likeness (QED) is 0.534. The lowest BCUT2D eigenvalue weighted by molar-refractivity contribution is 1.13. The van der Waals surface area contributed by atoms with E-state index in [1.165, 1.54) is 36.8 Å². The smallest absolute Gasteiger partial charge is 0.0408 e. The molecule has 0 saturated heterocycles. The van der Waals surface area contributed by atoms with Crippen molar-refractivity contribution in [2.24, 2.45) is 0 Å². The van der Waals surface area contributed by atoms with Gasteiger partial charge in [0.15, 0.2) is 0 Å². The van der Waals surface area contributed by atoms with Crippen LogP contribution in [0, 0.1) is 0 Å². The third-order valence-electron chi connectivity index (χ3n) is 3.79. The number of hydrogen-bond donors (Lipinski definition) is 0. The van der Waals surface area contributed by atoms with E-state index >= 15 is 0 Å². The van der Waals surface area contributed by atoms with Gasteiger partial charge in [0.2, 0.25) is 0 Å². The fourth-order valence-electron chi connectivity index (χ4n) is 2.35. The Balaban J connectivity index is 0.000000144. The van der Waals surface area contributed by atoms with E-state index in [9.17, 15) is 0 Å². The van der Waals surface area contributed by atoms with Crippen molar-refractivity contribution >= 4 is 23.2 Å². The predicted molar refractivity (Wildman–Crippen MR) is 98.2 cm³/mol. The van der Waals surface area contributed by atoms with E-state index in [2.05, 4.69) is 24.3 Å². The van der Waals surface area contributed by atoms with Gasteiger partial charge in [-0.25, -0.2) is 0 Å². The van der Waals surface area contributed by atoms with Crippen LogP contribution in [-0.2, 0) is 0 Å². The van der Waals surface area contributed by atoms with Crippen LogP contribution < -0.4 is 0 Å². The molecule has 2 aliphatic rings. The fourth-order valence-corrected chi connectivity index (χ4v) is 2.75. The highest BCUT2D eigenvalue weighted by molar-refractivity contribution is 6.30. The second-order valence-electron chi connectivity index (χ2n) is 5.66. The predicted octanol–water partition coefficient (Wildman–Crippen LogP) is 7.46. The Hall–Kier alpha value is -0.980. The van der Waals surface area contributed by atoms with Gasteiger partial charge in [-0.3, -0.25) is 0 Å². The molecule has 22 heavy (non-hydrogen) atoms. The van der Waals surface area contributed by atoms with Crippen LogP contribution in [0.25, 0.3) is 0 Å². The third-order valence-corrected chi connectivity index (χ3v) is 4.27.